The lowest BCUT2D eigenvalue weighted by Gasteiger charge is -2.36. The fourth-order valence-corrected chi connectivity index (χ4v) is 4.49. The number of amides is 3. The Hall–Kier alpha value is -3.35. The highest BCUT2D eigenvalue weighted by molar-refractivity contribution is 5.89. The third-order valence-corrected chi connectivity index (χ3v) is 6.58. The fraction of sp³-hybridized carbons (Fsp3) is 0.423. The van der Waals surface area contributed by atoms with Crippen LogP contribution in [0, 0.1) is 12.8 Å². The maximum absolute atomic E-state index is 13.1. The molecule has 0 saturated carbocycles. The van der Waals surface area contributed by atoms with Gasteiger partial charge < -0.3 is 19.4 Å². The van der Waals surface area contributed by atoms with Crippen LogP contribution in [0.3, 0.4) is 0 Å². The van der Waals surface area contributed by atoms with E-state index >= 15 is 0 Å². The molecule has 2 fully saturated rings. The van der Waals surface area contributed by atoms with Crippen LogP contribution in [0.25, 0.3) is 0 Å². The van der Waals surface area contributed by atoms with Crippen molar-refractivity contribution >= 4 is 17.7 Å². The number of nitrogens with zero attached hydrogens (tertiary/aromatic N) is 3. The van der Waals surface area contributed by atoms with Gasteiger partial charge in [-0.25, -0.2) is 0 Å². The highest BCUT2D eigenvalue weighted by Gasteiger charge is 2.39. The zero-order chi connectivity index (χ0) is 23.4. The van der Waals surface area contributed by atoms with Crippen molar-refractivity contribution in [1.82, 2.24) is 14.7 Å². The van der Waals surface area contributed by atoms with E-state index in [-0.39, 0.29) is 42.7 Å². The lowest BCUT2D eigenvalue weighted by atomic mass is 10.1. The van der Waals surface area contributed by atoms with Crippen molar-refractivity contribution in [2.45, 2.75) is 26.3 Å². The zero-order valence-corrected chi connectivity index (χ0v) is 19.3. The lowest BCUT2D eigenvalue weighted by Crippen LogP contribution is -2.53. The summed E-state index contributed by atoms with van der Waals surface area (Å²) in [7, 11) is 0. The van der Waals surface area contributed by atoms with Crippen LogP contribution >= 0.6 is 0 Å². The van der Waals surface area contributed by atoms with Crippen LogP contribution in [0.15, 0.2) is 54.6 Å². The second-order valence-corrected chi connectivity index (χ2v) is 8.84. The van der Waals surface area contributed by atoms with Gasteiger partial charge >= 0.3 is 0 Å². The predicted octanol–water partition coefficient (Wildman–Crippen LogP) is 2.65. The highest BCUT2D eigenvalue weighted by atomic mass is 16.5. The number of hydrogen-bond donors (Lipinski definition) is 0. The predicted molar refractivity (Wildman–Crippen MR) is 125 cm³/mol. The van der Waals surface area contributed by atoms with Gasteiger partial charge in [-0.1, -0.05) is 48.0 Å². The lowest BCUT2D eigenvalue weighted by molar-refractivity contribution is -0.142. The van der Waals surface area contributed by atoms with Gasteiger partial charge in [0, 0.05) is 39.1 Å². The Kier molecular flexibility index (Phi) is 6.96. The molecule has 2 heterocycles. The van der Waals surface area contributed by atoms with E-state index in [4.69, 9.17) is 4.74 Å². The van der Waals surface area contributed by atoms with Gasteiger partial charge in [-0.2, -0.15) is 0 Å². The molecule has 0 radical (unpaired) electrons. The number of carbonyl (C=O) groups excluding carboxylic acids is 3. The molecule has 7 nitrogen and oxygen atoms in total. The normalized spacial score (nSPS) is 19.5. The molecule has 0 aromatic heterocycles. The molecule has 33 heavy (non-hydrogen) atoms. The van der Waals surface area contributed by atoms with Crippen LogP contribution in [-0.2, 0) is 14.4 Å². The number of benzene rings is 2. The van der Waals surface area contributed by atoms with E-state index in [1.54, 1.807) is 14.7 Å². The van der Waals surface area contributed by atoms with Crippen LogP contribution < -0.4 is 4.74 Å². The largest absolute Gasteiger partial charge is 0.484 e. The third-order valence-electron chi connectivity index (χ3n) is 6.58. The summed E-state index contributed by atoms with van der Waals surface area (Å²) in [4.78, 5) is 43.6. The number of piperazine rings is 1. The van der Waals surface area contributed by atoms with Crippen LogP contribution in [0.4, 0.5) is 0 Å². The maximum atomic E-state index is 13.1. The Morgan fingerprint density at radius 2 is 1.61 bits per heavy atom. The molecule has 3 amide bonds. The molecule has 2 aromatic rings. The average Bonchev–Trinajstić information content (AvgIpc) is 3.24. The van der Waals surface area contributed by atoms with Gasteiger partial charge in [0.25, 0.3) is 5.91 Å². The minimum Gasteiger partial charge on any atom is -0.484 e. The molecule has 4 rings (SSSR count). The highest BCUT2D eigenvalue weighted by Crippen LogP contribution is 2.29. The van der Waals surface area contributed by atoms with Crippen LogP contribution in [0.2, 0.25) is 0 Å². The van der Waals surface area contributed by atoms with E-state index in [9.17, 15) is 14.4 Å². The second-order valence-electron chi connectivity index (χ2n) is 8.84. The first-order valence-electron chi connectivity index (χ1n) is 11.5. The van der Waals surface area contributed by atoms with Crippen molar-refractivity contribution in [3.05, 3.63) is 65.7 Å². The molecule has 2 aliphatic heterocycles. The monoisotopic (exact) mass is 449 g/mol. The van der Waals surface area contributed by atoms with Gasteiger partial charge in [0.1, 0.15) is 5.75 Å². The summed E-state index contributed by atoms with van der Waals surface area (Å²) in [5.74, 6) is 0.293. The maximum Gasteiger partial charge on any atom is 0.260 e. The van der Waals surface area contributed by atoms with Gasteiger partial charge in [0.2, 0.25) is 11.8 Å². The fourth-order valence-electron chi connectivity index (χ4n) is 4.49. The van der Waals surface area contributed by atoms with Crippen LogP contribution in [0.5, 0.6) is 5.75 Å². The molecule has 174 valence electrons. The van der Waals surface area contributed by atoms with Gasteiger partial charge in [-0.15, -0.1) is 0 Å². The van der Waals surface area contributed by atoms with Crippen LogP contribution in [-0.4, -0.2) is 71.8 Å². The SMILES string of the molecule is Cc1ccc(OCC(=O)N2CCN(C(=O)C3CC(=O)N(C(C)c4ccccc4)C3)CC2)cc1. The van der Waals surface area contributed by atoms with Crippen LogP contribution in [0.1, 0.15) is 30.5 Å². The first-order valence-corrected chi connectivity index (χ1v) is 11.5. The van der Waals surface area contributed by atoms with Crippen molar-refractivity contribution in [2.24, 2.45) is 5.92 Å². The van der Waals surface area contributed by atoms with E-state index in [2.05, 4.69) is 0 Å². The summed E-state index contributed by atoms with van der Waals surface area (Å²) in [6, 6.07) is 17.4. The van der Waals surface area contributed by atoms with Gasteiger partial charge in [-0.05, 0) is 31.5 Å². The molecule has 7 heteroatoms. The summed E-state index contributed by atoms with van der Waals surface area (Å²) < 4.78 is 5.60. The third kappa shape index (κ3) is 5.35. The van der Waals surface area contributed by atoms with Crippen molar-refractivity contribution in [3.8, 4) is 5.75 Å². The minimum atomic E-state index is -0.323. The van der Waals surface area contributed by atoms with E-state index < -0.39 is 0 Å². The second kappa shape index (κ2) is 10.1. The zero-order valence-electron chi connectivity index (χ0n) is 19.3. The molecule has 0 spiro atoms. The summed E-state index contributed by atoms with van der Waals surface area (Å²) in [6.07, 6.45) is 0.250. The number of aryl methyl sites for hydroxylation is 1. The Bertz CT molecular complexity index is 984. The number of carbonyl (C=O) groups is 3. The molecule has 2 aromatic carbocycles. The molecule has 2 unspecified atom stereocenters. The summed E-state index contributed by atoms with van der Waals surface area (Å²) in [6.45, 7) is 6.35. The molecule has 2 saturated heterocycles. The van der Waals surface area contributed by atoms with Gasteiger partial charge in [0.05, 0.1) is 12.0 Å². The molecular weight excluding hydrogens is 418 g/mol. The van der Waals surface area contributed by atoms with Crippen molar-refractivity contribution in [2.75, 3.05) is 39.3 Å². The summed E-state index contributed by atoms with van der Waals surface area (Å²) >= 11 is 0. The first-order chi connectivity index (χ1) is 15.9. The van der Waals surface area contributed by atoms with Crippen molar-refractivity contribution in [3.63, 3.8) is 0 Å². The molecular formula is C26H31N3O4. The number of rotatable bonds is 6. The smallest absolute Gasteiger partial charge is 0.260 e. The average molecular weight is 450 g/mol. The van der Waals surface area contributed by atoms with E-state index in [1.165, 1.54) is 0 Å². The van der Waals surface area contributed by atoms with E-state index in [1.807, 2.05) is 68.4 Å². The molecule has 2 aliphatic rings. The Labute approximate surface area is 194 Å². The number of likely N-dealkylation sites (tertiary alicyclic amines) is 1. The number of ether oxygens (including phenoxy) is 1. The van der Waals surface area contributed by atoms with Crippen molar-refractivity contribution in [1.29, 1.82) is 0 Å². The topological polar surface area (TPSA) is 70.2 Å². The van der Waals surface area contributed by atoms with E-state index in [0.717, 1.165) is 11.1 Å². The van der Waals surface area contributed by atoms with Gasteiger partial charge in [-0.3, -0.25) is 14.4 Å². The Morgan fingerprint density at radius 3 is 2.27 bits per heavy atom. The molecule has 0 bridgehead atoms. The van der Waals surface area contributed by atoms with Crippen molar-refractivity contribution < 1.29 is 19.1 Å². The summed E-state index contributed by atoms with van der Waals surface area (Å²) in [5.41, 5.74) is 2.20. The standard InChI is InChI=1S/C26H31N3O4/c1-19-8-10-23(11-9-19)33-18-25(31)27-12-14-28(15-13-27)26(32)22-16-24(30)29(17-22)20(2)21-6-4-3-5-7-21/h3-11,20,22H,12-18H2,1-2H3. The molecule has 0 N–H and O–H groups in total. The molecule has 2 atom stereocenters. The quantitative estimate of drug-likeness (QED) is 0.680. The minimum absolute atomic E-state index is 0.00844. The van der Waals surface area contributed by atoms with E-state index in [0.29, 0.717) is 38.5 Å². The Balaban J connectivity index is 1.25. The molecule has 0 aliphatic carbocycles. The summed E-state index contributed by atoms with van der Waals surface area (Å²) in [5, 5.41) is 0. The Morgan fingerprint density at radius 1 is 0.970 bits per heavy atom. The number of hydrogen-bond acceptors (Lipinski definition) is 4. The van der Waals surface area contributed by atoms with Gasteiger partial charge in [0.15, 0.2) is 6.61 Å². The first kappa shape index (κ1) is 22.8.